The Morgan fingerprint density at radius 2 is 1.97 bits per heavy atom. The van der Waals surface area contributed by atoms with Crippen molar-refractivity contribution in [2.45, 2.75) is 61.3 Å². The van der Waals surface area contributed by atoms with Gasteiger partial charge in [-0.25, -0.2) is 0 Å². The summed E-state index contributed by atoms with van der Waals surface area (Å²) in [5.41, 5.74) is 2.11. The second-order valence-corrected chi connectivity index (χ2v) is 11.8. The Bertz CT molecular complexity index is 1250. The number of phenols is 1. The van der Waals surface area contributed by atoms with E-state index in [1.54, 1.807) is 6.07 Å². The second kappa shape index (κ2) is 7.73. The molecule has 35 heavy (non-hydrogen) atoms. The fraction of sp³-hybridized carbons (Fsp3) is 0.448. The van der Waals surface area contributed by atoms with Crippen molar-refractivity contribution in [3.05, 3.63) is 76.0 Å². The van der Waals surface area contributed by atoms with Crippen LogP contribution in [0.25, 0.3) is 0 Å². The fourth-order valence-corrected chi connectivity index (χ4v) is 8.53. The summed E-state index contributed by atoms with van der Waals surface area (Å²) in [5, 5.41) is 25.7. The molecule has 1 aromatic heterocycles. The van der Waals surface area contributed by atoms with Crippen LogP contribution in [0.1, 0.15) is 35.3 Å². The normalized spacial score (nSPS) is 32.7. The Hall–Kier alpha value is -2.54. The van der Waals surface area contributed by atoms with Crippen molar-refractivity contribution in [2.75, 3.05) is 25.0 Å². The lowest BCUT2D eigenvalue weighted by molar-refractivity contribution is -0.188. The molecule has 1 saturated heterocycles. The van der Waals surface area contributed by atoms with Gasteiger partial charge in [0.25, 0.3) is 0 Å². The number of aromatic hydroxyl groups is 1. The molecule has 1 spiro atoms. The van der Waals surface area contributed by atoms with Gasteiger partial charge in [-0.1, -0.05) is 30.3 Å². The number of nitrogens with zero attached hydrogens (tertiary/aromatic N) is 2. The molecule has 0 amide bonds. The number of rotatable bonds is 5. The molecule has 1 unspecified atom stereocenters. The number of phenolic OH excluding ortho intramolecular Hbond substituents is 1. The topological polar surface area (TPSA) is 56.2 Å². The predicted molar refractivity (Wildman–Crippen MR) is 139 cm³/mol. The second-order valence-electron chi connectivity index (χ2n) is 10.8. The third-order valence-electron chi connectivity index (χ3n) is 9.43. The van der Waals surface area contributed by atoms with Crippen LogP contribution in [-0.4, -0.2) is 59.0 Å². The molecule has 3 heterocycles. The zero-order valence-electron chi connectivity index (χ0n) is 20.1. The maximum atomic E-state index is 12.7. The summed E-state index contributed by atoms with van der Waals surface area (Å²) in [6.45, 7) is 1.90. The molecule has 2 aliphatic carbocycles. The van der Waals surface area contributed by atoms with Gasteiger partial charge in [-0.15, -0.1) is 11.3 Å². The highest BCUT2D eigenvalue weighted by Gasteiger charge is 2.73. The van der Waals surface area contributed by atoms with Crippen molar-refractivity contribution in [1.29, 1.82) is 0 Å². The third-order valence-corrected chi connectivity index (χ3v) is 10.4. The summed E-state index contributed by atoms with van der Waals surface area (Å²) in [5.74, 6) is 0.819. The van der Waals surface area contributed by atoms with E-state index in [1.807, 2.05) is 17.4 Å². The molecule has 2 fully saturated rings. The fourth-order valence-electron chi connectivity index (χ4n) is 7.83. The van der Waals surface area contributed by atoms with Gasteiger partial charge in [0.05, 0.1) is 17.1 Å². The van der Waals surface area contributed by atoms with E-state index in [-0.39, 0.29) is 23.9 Å². The van der Waals surface area contributed by atoms with E-state index in [0.717, 1.165) is 56.4 Å². The summed E-state index contributed by atoms with van der Waals surface area (Å²) in [7, 11) is 2.14. The number of thiophene rings is 1. The molecule has 0 radical (unpaired) electrons. The first kappa shape index (κ1) is 21.7. The van der Waals surface area contributed by atoms with E-state index >= 15 is 0 Å². The van der Waals surface area contributed by atoms with Gasteiger partial charge >= 0.3 is 0 Å². The van der Waals surface area contributed by atoms with Crippen molar-refractivity contribution in [3.63, 3.8) is 0 Å². The van der Waals surface area contributed by atoms with E-state index in [0.29, 0.717) is 5.75 Å². The van der Waals surface area contributed by atoms with Crippen molar-refractivity contribution in [1.82, 2.24) is 4.90 Å². The van der Waals surface area contributed by atoms with Gasteiger partial charge in [-0.2, -0.15) is 0 Å². The van der Waals surface area contributed by atoms with Gasteiger partial charge < -0.3 is 19.8 Å². The summed E-state index contributed by atoms with van der Waals surface area (Å²) in [4.78, 5) is 6.27. The number of piperidine rings is 1. The number of likely N-dealkylation sites (N-methyl/N-ethyl adjacent to an activating group) is 1. The number of likely N-dealkylation sites (tertiary alicyclic amines) is 1. The van der Waals surface area contributed by atoms with Crippen molar-refractivity contribution in [2.24, 2.45) is 0 Å². The highest BCUT2D eigenvalue weighted by Crippen LogP contribution is 2.65. The van der Waals surface area contributed by atoms with E-state index in [9.17, 15) is 10.2 Å². The lowest BCUT2D eigenvalue weighted by Gasteiger charge is -2.64. The van der Waals surface area contributed by atoms with Crippen molar-refractivity contribution >= 4 is 17.0 Å². The largest absolute Gasteiger partial charge is 0.504 e. The Balaban J connectivity index is 1.31. The highest BCUT2D eigenvalue weighted by molar-refractivity contribution is 7.09. The summed E-state index contributed by atoms with van der Waals surface area (Å²) in [6, 6.07) is 18.8. The SMILES string of the molecule is CN(c1ccccc1)C1CC[C@@]2(O)[C@H]3Cc4ccc(O)c5c4[C@@]2(CCN3CCc2cccs2)[C@H]1O5. The van der Waals surface area contributed by atoms with Crippen LogP contribution in [0.2, 0.25) is 0 Å². The Morgan fingerprint density at radius 1 is 1.11 bits per heavy atom. The monoisotopic (exact) mass is 488 g/mol. The maximum Gasteiger partial charge on any atom is 0.165 e. The van der Waals surface area contributed by atoms with Crippen LogP contribution in [-0.2, 0) is 18.3 Å². The Labute approximate surface area is 210 Å². The molecule has 6 heteroatoms. The molecule has 2 aliphatic heterocycles. The number of anilines is 1. The van der Waals surface area contributed by atoms with E-state index in [2.05, 4.69) is 64.7 Å². The molecule has 1 saturated carbocycles. The minimum atomic E-state index is -0.870. The van der Waals surface area contributed by atoms with Crippen molar-refractivity contribution in [3.8, 4) is 11.5 Å². The van der Waals surface area contributed by atoms with Crippen LogP contribution in [0.3, 0.4) is 0 Å². The van der Waals surface area contributed by atoms with Crippen LogP contribution < -0.4 is 9.64 Å². The zero-order valence-corrected chi connectivity index (χ0v) is 20.9. The van der Waals surface area contributed by atoms with Gasteiger partial charge in [-0.05, 0) is 73.9 Å². The summed E-state index contributed by atoms with van der Waals surface area (Å²) >= 11 is 1.81. The van der Waals surface area contributed by atoms with Gasteiger partial charge in [-0.3, -0.25) is 4.90 Å². The molecule has 5 nitrogen and oxygen atoms in total. The van der Waals surface area contributed by atoms with Crippen LogP contribution >= 0.6 is 11.3 Å². The first-order chi connectivity index (χ1) is 17.0. The number of hydrogen-bond donors (Lipinski definition) is 2. The lowest BCUT2D eigenvalue weighted by Crippen LogP contribution is -2.78. The predicted octanol–water partition coefficient (Wildman–Crippen LogP) is 4.36. The Morgan fingerprint density at radius 3 is 2.77 bits per heavy atom. The highest BCUT2D eigenvalue weighted by atomic mass is 32.1. The van der Waals surface area contributed by atoms with E-state index in [4.69, 9.17) is 4.74 Å². The smallest absolute Gasteiger partial charge is 0.165 e. The molecule has 2 aromatic carbocycles. The maximum absolute atomic E-state index is 12.7. The summed E-state index contributed by atoms with van der Waals surface area (Å²) < 4.78 is 6.72. The number of benzene rings is 2. The quantitative estimate of drug-likeness (QED) is 0.559. The van der Waals surface area contributed by atoms with Crippen LogP contribution in [0.4, 0.5) is 5.69 Å². The third kappa shape index (κ3) is 2.87. The van der Waals surface area contributed by atoms with Gasteiger partial charge in [0.2, 0.25) is 0 Å². The van der Waals surface area contributed by atoms with Gasteiger partial charge in [0, 0.05) is 35.8 Å². The van der Waals surface area contributed by atoms with Crippen LogP contribution in [0.15, 0.2) is 60.0 Å². The first-order valence-electron chi connectivity index (χ1n) is 12.8. The average Bonchev–Trinajstić information content (AvgIpc) is 3.51. The molecular weight excluding hydrogens is 456 g/mol. The summed E-state index contributed by atoms with van der Waals surface area (Å²) in [6.07, 6.45) is 4.07. The molecule has 2 N–H and O–H groups in total. The minimum absolute atomic E-state index is 0.0632. The molecule has 7 rings (SSSR count). The molecule has 2 bridgehead atoms. The van der Waals surface area contributed by atoms with E-state index in [1.165, 1.54) is 10.4 Å². The van der Waals surface area contributed by atoms with Gasteiger partial charge in [0.15, 0.2) is 11.5 Å². The molecule has 182 valence electrons. The first-order valence-corrected chi connectivity index (χ1v) is 13.7. The Kier molecular flexibility index (Phi) is 4.80. The number of para-hydroxylation sites is 1. The number of ether oxygens (including phenoxy) is 1. The molecule has 5 atom stereocenters. The molecule has 3 aromatic rings. The lowest BCUT2D eigenvalue weighted by atomic mass is 9.48. The van der Waals surface area contributed by atoms with Crippen LogP contribution in [0, 0.1) is 0 Å². The number of aliphatic hydroxyl groups is 1. The zero-order chi connectivity index (χ0) is 23.8. The minimum Gasteiger partial charge on any atom is -0.504 e. The standard InChI is InChI=1S/C29H32N2O3S/c1-30(20-6-3-2-4-7-20)22-11-13-29(33)24-18-19-9-10-23(32)26-25(19)28(29,27(22)34-26)14-16-31(24)15-12-21-8-5-17-35-21/h2-10,17,22,24,27,32-33H,11-16,18H2,1H3/t22?,24-,27+,28+,29-/m1/s1. The van der Waals surface area contributed by atoms with Crippen molar-refractivity contribution < 1.29 is 14.9 Å². The van der Waals surface area contributed by atoms with Crippen LogP contribution in [0.5, 0.6) is 11.5 Å². The molecule has 4 aliphatic rings. The molecular formula is C29H32N2O3S. The van der Waals surface area contributed by atoms with E-state index < -0.39 is 11.0 Å². The number of hydrogen-bond acceptors (Lipinski definition) is 6. The average molecular weight is 489 g/mol. The van der Waals surface area contributed by atoms with Gasteiger partial charge in [0.1, 0.15) is 6.10 Å².